The molecular weight excluding hydrogens is 298 g/mol. The Balaban J connectivity index is 0. The van der Waals surface area contributed by atoms with Crippen LogP contribution in [0.15, 0.2) is 24.3 Å². The van der Waals surface area contributed by atoms with E-state index in [1.165, 1.54) is 0 Å². The third-order valence-electron chi connectivity index (χ3n) is 2.14. The van der Waals surface area contributed by atoms with Crippen LogP contribution in [0.3, 0.4) is 0 Å². The minimum atomic E-state index is -0.608. The lowest BCUT2D eigenvalue weighted by atomic mass is 10.1. The average Bonchev–Trinajstić information content (AvgIpc) is 2.39. The average molecular weight is 329 g/mol. The van der Waals surface area contributed by atoms with E-state index >= 15 is 0 Å². The molecule has 0 amide bonds. The minimum Gasteiger partial charge on any atom is -0.461 e. The SMILES string of the molecule is C=C(C)C(=O)OCC(C)O.C=C(C)C(=O)OCCNC(C)(C)C. The summed E-state index contributed by atoms with van der Waals surface area (Å²) in [5.41, 5.74) is 0.853. The molecule has 134 valence electrons. The van der Waals surface area contributed by atoms with Crippen LogP contribution in [0, 0.1) is 0 Å². The molecule has 6 heteroatoms. The lowest BCUT2D eigenvalue weighted by molar-refractivity contribution is -0.141. The molecule has 1 unspecified atom stereocenters. The number of carbonyl (C=O) groups is 2. The number of esters is 2. The summed E-state index contributed by atoms with van der Waals surface area (Å²) in [6.45, 7) is 18.9. The third kappa shape index (κ3) is 18.3. The van der Waals surface area contributed by atoms with Gasteiger partial charge in [0.2, 0.25) is 0 Å². The van der Waals surface area contributed by atoms with Gasteiger partial charge >= 0.3 is 11.9 Å². The number of aliphatic hydroxyl groups is 1. The maximum Gasteiger partial charge on any atom is 0.333 e. The molecule has 0 heterocycles. The quantitative estimate of drug-likeness (QED) is 0.422. The van der Waals surface area contributed by atoms with Crippen LogP contribution in [0.1, 0.15) is 41.5 Å². The molecule has 0 aromatic carbocycles. The largest absolute Gasteiger partial charge is 0.461 e. The Morgan fingerprint density at radius 2 is 1.52 bits per heavy atom. The summed E-state index contributed by atoms with van der Waals surface area (Å²) in [7, 11) is 0. The van der Waals surface area contributed by atoms with Gasteiger partial charge in [-0.3, -0.25) is 0 Å². The highest BCUT2D eigenvalue weighted by molar-refractivity contribution is 5.87. The maximum absolute atomic E-state index is 10.9. The Kier molecular flexibility index (Phi) is 12.2. The van der Waals surface area contributed by atoms with Crippen LogP contribution in [0.2, 0.25) is 0 Å². The summed E-state index contributed by atoms with van der Waals surface area (Å²) in [5, 5.41) is 11.9. The normalized spacial score (nSPS) is 11.6. The van der Waals surface area contributed by atoms with Gasteiger partial charge in [-0.15, -0.1) is 0 Å². The van der Waals surface area contributed by atoms with Gasteiger partial charge in [-0.2, -0.15) is 0 Å². The van der Waals surface area contributed by atoms with Crippen molar-refractivity contribution in [2.24, 2.45) is 0 Å². The van der Waals surface area contributed by atoms with Crippen LogP contribution in [0.5, 0.6) is 0 Å². The summed E-state index contributed by atoms with van der Waals surface area (Å²) in [5.74, 6) is -0.781. The van der Waals surface area contributed by atoms with E-state index in [9.17, 15) is 9.59 Å². The van der Waals surface area contributed by atoms with Crippen molar-refractivity contribution >= 4 is 11.9 Å². The van der Waals surface area contributed by atoms with E-state index in [-0.39, 0.29) is 18.1 Å². The highest BCUT2D eigenvalue weighted by atomic mass is 16.5. The van der Waals surface area contributed by atoms with E-state index in [1.54, 1.807) is 20.8 Å². The lowest BCUT2D eigenvalue weighted by Crippen LogP contribution is -2.38. The van der Waals surface area contributed by atoms with Crippen LogP contribution >= 0.6 is 0 Å². The van der Waals surface area contributed by atoms with Gasteiger partial charge in [-0.25, -0.2) is 9.59 Å². The van der Waals surface area contributed by atoms with Gasteiger partial charge in [0.15, 0.2) is 0 Å². The van der Waals surface area contributed by atoms with Crippen LogP contribution in [0.4, 0.5) is 0 Å². The molecule has 0 bridgehead atoms. The molecule has 0 radical (unpaired) electrons. The Bertz CT molecular complexity index is 408. The van der Waals surface area contributed by atoms with E-state index in [4.69, 9.17) is 9.84 Å². The molecule has 0 saturated carbocycles. The number of carbonyl (C=O) groups excluding carboxylic acids is 2. The minimum absolute atomic E-state index is 0.0334. The number of ether oxygens (including phenoxy) is 2. The first kappa shape index (κ1) is 23.6. The molecule has 0 aliphatic carbocycles. The monoisotopic (exact) mass is 329 g/mol. The zero-order valence-electron chi connectivity index (χ0n) is 15.2. The second-order valence-electron chi connectivity index (χ2n) is 6.32. The Morgan fingerprint density at radius 3 is 1.87 bits per heavy atom. The van der Waals surface area contributed by atoms with E-state index in [0.29, 0.717) is 24.3 Å². The van der Waals surface area contributed by atoms with Gasteiger partial charge in [0.05, 0.1) is 6.10 Å². The molecule has 0 aromatic rings. The Morgan fingerprint density at radius 1 is 1.09 bits per heavy atom. The van der Waals surface area contributed by atoms with Crippen molar-refractivity contribution in [3.63, 3.8) is 0 Å². The van der Waals surface area contributed by atoms with Crippen LogP contribution in [0.25, 0.3) is 0 Å². The van der Waals surface area contributed by atoms with Crippen molar-refractivity contribution in [1.82, 2.24) is 5.32 Å². The molecule has 0 rings (SSSR count). The van der Waals surface area contributed by atoms with Gasteiger partial charge in [-0.05, 0) is 41.5 Å². The van der Waals surface area contributed by atoms with Crippen LogP contribution in [-0.4, -0.2) is 48.4 Å². The summed E-state index contributed by atoms with van der Waals surface area (Å²) < 4.78 is 9.47. The number of nitrogens with one attached hydrogen (secondary N) is 1. The standard InChI is InChI=1S/C10H19NO2.C7H12O3/c1-8(2)9(12)13-7-6-11-10(3,4)5;1-5(2)7(9)10-4-6(3)8/h11H,1,6-7H2,2-5H3;6,8H,1,4H2,2-3H3. The molecule has 6 nitrogen and oxygen atoms in total. The second-order valence-corrected chi connectivity index (χ2v) is 6.32. The first-order valence-corrected chi connectivity index (χ1v) is 7.45. The third-order valence-corrected chi connectivity index (χ3v) is 2.14. The van der Waals surface area contributed by atoms with Gasteiger partial charge in [0.25, 0.3) is 0 Å². The lowest BCUT2D eigenvalue weighted by Gasteiger charge is -2.20. The number of rotatable bonds is 7. The van der Waals surface area contributed by atoms with Crippen LogP contribution in [-0.2, 0) is 19.1 Å². The zero-order valence-corrected chi connectivity index (χ0v) is 15.2. The molecular formula is C17H31NO5. The summed E-state index contributed by atoms with van der Waals surface area (Å²) in [6.07, 6.45) is -0.608. The number of hydrogen-bond acceptors (Lipinski definition) is 6. The van der Waals surface area contributed by atoms with E-state index in [2.05, 4.69) is 44.0 Å². The second kappa shape index (κ2) is 11.8. The highest BCUT2D eigenvalue weighted by Crippen LogP contribution is 1.97. The molecule has 1 atom stereocenters. The van der Waals surface area contributed by atoms with Gasteiger partial charge in [0.1, 0.15) is 13.2 Å². The highest BCUT2D eigenvalue weighted by Gasteiger charge is 2.08. The summed E-state index contributed by atoms with van der Waals surface area (Å²) in [4.78, 5) is 21.5. The maximum atomic E-state index is 10.9. The Hall–Kier alpha value is -1.66. The molecule has 2 N–H and O–H groups in total. The number of hydrogen-bond donors (Lipinski definition) is 2. The molecule has 0 aliphatic heterocycles. The fourth-order valence-electron chi connectivity index (χ4n) is 1.01. The van der Waals surface area contributed by atoms with E-state index < -0.39 is 12.1 Å². The van der Waals surface area contributed by atoms with Crippen molar-refractivity contribution < 1.29 is 24.2 Å². The molecule has 0 spiro atoms. The van der Waals surface area contributed by atoms with Crippen molar-refractivity contribution in [2.75, 3.05) is 19.8 Å². The van der Waals surface area contributed by atoms with Crippen molar-refractivity contribution in [3.05, 3.63) is 24.3 Å². The van der Waals surface area contributed by atoms with Crippen molar-refractivity contribution in [2.45, 2.75) is 53.2 Å². The Labute approximate surface area is 139 Å². The van der Waals surface area contributed by atoms with E-state index in [0.717, 1.165) is 0 Å². The van der Waals surface area contributed by atoms with Crippen LogP contribution < -0.4 is 5.32 Å². The predicted octanol–water partition coefficient (Wildman–Crippen LogP) is 1.98. The summed E-state index contributed by atoms with van der Waals surface area (Å²) in [6, 6.07) is 0. The zero-order chi connectivity index (χ0) is 18.6. The molecule has 0 aliphatic rings. The van der Waals surface area contributed by atoms with Crippen molar-refractivity contribution in [1.29, 1.82) is 0 Å². The molecule has 0 saturated heterocycles. The predicted molar refractivity (Wildman–Crippen MR) is 91.0 cm³/mol. The van der Waals surface area contributed by atoms with Gasteiger partial charge in [0, 0.05) is 23.2 Å². The van der Waals surface area contributed by atoms with Gasteiger partial charge < -0.3 is 19.9 Å². The van der Waals surface area contributed by atoms with Gasteiger partial charge in [-0.1, -0.05) is 13.2 Å². The van der Waals surface area contributed by atoms with Crippen molar-refractivity contribution in [3.8, 4) is 0 Å². The smallest absolute Gasteiger partial charge is 0.333 e. The fraction of sp³-hybridized carbons (Fsp3) is 0.647. The first-order valence-electron chi connectivity index (χ1n) is 7.45. The number of aliphatic hydroxyl groups excluding tert-OH is 1. The molecule has 0 fully saturated rings. The van der Waals surface area contributed by atoms with E-state index in [1.807, 2.05) is 0 Å². The first-order chi connectivity index (χ1) is 10.4. The molecule has 23 heavy (non-hydrogen) atoms. The molecule has 0 aromatic heterocycles. The fourth-order valence-corrected chi connectivity index (χ4v) is 1.01. The summed E-state index contributed by atoms with van der Waals surface area (Å²) >= 11 is 0. The topological polar surface area (TPSA) is 84.9 Å².